The van der Waals surface area contributed by atoms with Gasteiger partial charge in [0, 0.05) is 11.1 Å². The van der Waals surface area contributed by atoms with E-state index >= 15 is 0 Å². The molecule has 0 fully saturated rings. The average molecular weight is 412 g/mol. The quantitative estimate of drug-likeness (QED) is 0.608. The maximum atomic E-state index is 13.5. The molecule has 0 unspecified atom stereocenters. The number of nitrogens with one attached hydrogen (secondary N) is 2. The summed E-state index contributed by atoms with van der Waals surface area (Å²) >= 11 is 5.80. The van der Waals surface area contributed by atoms with Gasteiger partial charge in [-0.1, -0.05) is 23.7 Å². The first kappa shape index (κ1) is 21.1. The van der Waals surface area contributed by atoms with Crippen molar-refractivity contribution in [3.8, 4) is 0 Å². The predicted octanol–water partition coefficient (Wildman–Crippen LogP) is 2.90. The molecule has 0 radical (unpaired) electrons. The molecule has 148 valence electrons. The number of urea groups is 1. The monoisotopic (exact) mass is 411 g/mol. The molecule has 2 aromatic carbocycles. The van der Waals surface area contributed by atoms with Crippen molar-refractivity contribution >= 4 is 35.2 Å². The molecule has 0 saturated carbocycles. The lowest BCUT2D eigenvalue weighted by Crippen LogP contribution is -2.35. The summed E-state index contributed by atoms with van der Waals surface area (Å²) < 4.78 is 31.2. The van der Waals surface area contributed by atoms with Crippen molar-refractivity contribution < 1.29 is 27.9 Å². The standard InChI is InChI=1S/C18H16ClF2N3O4/c19-11-3-1-10(2-4-11)15(24-18(22)27)8-17(26)28-9-16(25)23-14-6-5-12(20)7-13(14)21/h1-7,15H,8-9H2,(H,23,25)(H3,22,24,27)/t15-/m0/s1. The number of hydrogen-bond acceptors (Lipinski definition) is 4. The summed E-state index contributed by atoms with van der Waals surface area (Å²) in [4.78, 5) is 34.9. The van der Waals surface area contributed by atoms with E-state index < -0.39 is 42.2 Å². The van der Waals surface area contributed by atoms with Gasteiger partial charge in [0.15, 0.2) is 6.61 Å². The molecular formula is C18H16ClF2N3O4. The summed E-state index contributed by atoms with van der Waals surface area (Å²) in [6, 6.07) is 7.31. The molecule has 7 nitrogen and oxygen atoms in total. The second-order valence-corrected chi connectivity index (χ2v) is 6.09. The van der Waals surface area contributed by atoms with Gasteiger partial charge in [-0.25, -0.2) is 13.6 Å². The van der Waals surface area contributed by atoms with E-state index in [9.17, 15) is 23.2 Å². The molecule has 0 bridgehead atoms. The minimum Gasteiger partial charge on any atom is -0.455 e. The van der Waals surface area contributed by atoms with Gasteiger partial charge in [0.05, 0.1) is 18.2 Å². The third kappa shape index (κ3) is 6.51. The molecule has 3 amide bonds. The fourth-order valence-electron chi connectivity index (χ4n) is 2.27. The van der Waals surface area contributed by atoms with Crippen LogP contribution in [0.15, 0.2) is 42.5 Å². The molecule has 0 spiro atoms. The van der Waals surface area contributed by atoms with Gasteiger partial charge in [0.2, 0.25) is 0 Å². The summed E-state index contributed by atoms with van der Waals surface area (Å²) in [6.45, 7) is -0.695. The van der Waals surface area contributed by atoms with Gasteiger partial charge in [-0.15, -0.1) is 0 Å². The van der Waals surface area contributed by atoms with Crippen LogP contribution in [0.25, 0.3) is 0 Å². The van der Waals surface area contributed by atoms with Gasteiger partial charge in [-0.05, 0) is 29.8 Å². The van der Waals surface area contributed by atoms with E-state index in [1.54, 1.807) is 24.3 Å². The minimum absolute atomic E-state index is 0.253. The van der Waals surface area contributed by atoms with Crippen LogP contribution in [0.2, 0.25) is 5.02 Å². The Morgan fingerprint density at radius 3 is 2.39 bits per heavy atom. The number of nitrogens with two attached hydrogens (primary N) is 1. The zero-order valence-corrected chi connectivity index (χ0v) is 15.1. The highest BCUT2D eigenvalue weighted by Gasteiger charge is 2.19. The van der Waals surface area contributed by atoms with Crippen LogP contribution in [0.5, 0.6) is 0 Å². The van der Waals surface area contributed by atoms with Crippen LogP contribution < -0.4 is 16.4 Å². The number of rotatable bonds is 7. The van der Waals surface area contributed by atoms with Crippen molar-refractivity contribution in [2.45, 2.75) is 12.5 Å². The Morgan fingerprint density at radius 2 is 1.79 bits per heavy atom. The fourth-order valence-corrected chi connectivity index (χ4v) is 2.39. The van der Waals surface area contributed by atoms with E-state index in [0.717, 1.165) is 12.1 Å². The zero-order valence-electron chi connectivity index (χ0n) is 14.4. The van der Waals surface area contributed by atoms with Crippen LogP contribution in [0, 0.1) is 11.6 Å². The van der Waals surface area contributed by atoms with Crippen LogP contribution in [-0.2, 0) is 14.3 Å². The highest BCUT2D eigenvalue weighted by atomic mass is 35.5. The zero-order chi connectivity index (χ0) is 20.7. The van der Waals surface area contributed by atoms with Crippen molar-refractivity contribution in [3.63, 3.8) is 0 Å². The highest BCUT2D eigenvalue weighted by Crippen LogP contribution is 2.20. The second-order valence-electron chi connectivity index (χ2n) is 5.65. The van der Waals surface area contributed by atoms with E-state index in [0.29, 0.717) is 16.7 Å². The van der Waals surface area contributed by atoms with E-state index in [-0.39, 0.29) is 12.1 Å². The van der Waals surface area contributed by atoms with E-state index in [4.69, 9.17) is 22.1 Å². The summed E-state index contributed by atoms with van der Waals surface area (Å²) in [6.07, 6.45) is -0.303. The molecule has 10 heteroatoms. The normalized spacial score (nSPS) is 11.4. The van der Waals surface area contributed by atoms with E-state index in [1.165, 1.54) is 0 Å². The van der Waals surface area contributed by atoms with Crippen LogP contribution in [-0.4, -0.2) is 24.5 Å². The number of halogens is 3. The molecule has 0 aliphatic rings. The van der Waals surface area contributed by atoms with Gasteiger partial charge >= 0.3 is 12.0 Å². The molecule has 2 rings (SSSR count). The van der Waals surface area contributed by atoms with Gasteiger partial charge < -0.3 is 21.1 Å². The topological polar surface area (TPSA) is 111 Å². The third-order valence-corrected chi connectivity index (χ3v) is 3.78. The Bertz CT molecular complexity index is 878. The van der Waals surface area contributed by atoms with Crippen molar-refractivity contribution in [1.29, 1.82) is 0 Å². The van der Waals surface area contributed by atoms with Crippen LogP contribution in [0.1, 0.15) is 18.0 Å². The lowest BCUT2D eigenvalue weighted by atomic mass is 10.0. The maximum absolute atomic E-state index is 13.5. The predicted molar refractivity (Wildman–Crippen MR) is 97.5 cm³/mol. The number of anilines is 1. The molecule has 4 N–H and O–H groups in total. The average Bonchev–Trinajstić information content (AvgIpc) is 2.62. The van der Waals surface area contributed by atoms with Gasteiger partial charge in [0.1, 0.15) is 11.6 Å². The van der Waals surface area contributed by atoms with Crippen molar-refractivity contribution in [2.24, 2.45) is 5.73 Å². The van der Waals surface area contributed by atoms with Crippen LogP contribution >= 0.6 is 11.6 Å². The molecule has 0 aliphatic heterocycles. The first-order valence-corrected chi connectivity index (χ1v) is 8.34. The summed E-state index contributed by atoms with van der Waals surface area (Å²) in [5.41, 5.74) is 5.42. The lowest BCUT2D eigenvalue weighted by Gasteiger charge is -2.17. The third-order valence-electron chi connectivity index (χ3n) is 3.53. The van der Waals surface area contributed by atoms with Gasteiger partial charge in [0.25, 0.3) is 5.91 Å². The Balaban J connectivity index is 1.92. The van der Waals surface area contributed by atoms with Crippen molar-refractivity contribution in [2.75, 3.05) is 11.9 Å². The number of ether oxygens (including phenoxy) is 1. The summed E-state index contributed by atoms with van der Waals surface area (Å²) in [5.74, 6) is -3.38. The Kier molecular flexibility index (Phi) is 7.28. The van der Waals surface area contributed by atoms with Gasteiger partial charge in [-0.3, -0.25) is 9.59 Å². The Morgan fingerprint density at radius 1 is 1.11 bits per heavy atom. The van der Waals surface area contributed by atoms with Crippen LogP contribution in [0.3, 0.4) is 0 Å². The minimum atomic E-state index is -0.965. The second kappa shape index (κ2) is 9.65. The highest BCUT2D eigenvalue weighted by molar-refractivity contribution is 6.30. The Labute approximate surface area is 163 Å². The number of carbonyl (C=O) groups is 3. The fraction of sp³-hybridized carbons (Fsp3) is 0.167. The first-order valence-electron chi connectivity index (χ1n) is 7.96. The number of primary amides is 1. The van der Waals surface area contributed by atoms with E-state index in [2.05, 4.69) is 10.6 Å². The number of hydrogen-bond donors (Lipinski definition) is 3. The summed E-state index contributed by atoms with van der Waals surface area (Å²) in [7, 11) is 0. The largest absolute Gasteiger partial charge is 0.455 e. The number of esters is 1. The number of benzene rings is 2. The molecule has 2 aromatic rings. The van der Waals surface area contributed by atoms with Crippen molar-refractivity contribution in [3.05, 3.63) is 64.7 Å². The SMILES string of the molecule is NC(=O)N[C@@H](CC(=O)OCC(=O)Nc1ccc(F)cc1F)c1ccc(Cl)cc1. The molecule has 1 atom stereocenters. The summed E-state index contributed by atoms with van der Waals surface area (Å²) in [5, 5.41) is 5.02. The maximum Gasteiger partial charge on any atom is 0.312 e. The van der Waals surface area contributed by atoms with Crippen molar-refractivity contribution in [1.82, 2.24) is 5.32 Å². The smallest absolute Gasteiger partial charge is 0.312 e. The molecular weight excluding hydrogens is 396 g/mol. The van der Waals surface area contributed by atoms with Gasteiger partial charge in [-0.2, -0.15) is 0 Å². The first-order chi connectivity index (χ1) is 13.2. The number of amides is 3. The molecule has 0 aliphatic carbocycles. The molecule has 0 heterocycles. The van der Waals surface area contributed by atoms with E-state index in [1.807, 2.05) is 0 Å². The molecule has 0 saturated heterocycles. The molecule has 28 heavy (non-hydrogen) atoms. The molecule has 0 aromatic heterocycles. The Hall–Kier alpha value is -3.20. The lowest BCUT2D eigenvalue weighted by molar-refractivity contribution is -0.147. The van der Waals surface area contributed by atoms with Crippen LogP contribution in [0.4, 0.5) is 19.3 Å². The number of carbonyl (C=O) groups excluding carboxylic acids is 3.